The summed E-state index contributed by atoms with van der Waals surface area (Å²) in [4.78, 5) is 14.7. The number of benzene rings is 1. The molecule has 1 atom stereocenters. The molecule has 26 heavy (non-hydrogen) atoms. The maximum atomic E-state index is 12.4. The maximum Gasteiger partial charge on any atom is 0.287 e. The van der Waals surface area contributed by atoms with E-state index in [-0.39, 0.29) is 11.3 Å². The van der Waals surface area contributed by atoms with E-state index < -0.39 is 0 Å². The number of aryl methyl sites for hydroxylation is 2. The molecule has 5 nitrogen and oxygen atoms in total. The molecule has 1 aromatic carbocycles. The van der Waals surface area contributed by atoms with Gasteiger partial charge in [0.25, 0.3) is 5.91 Å². The van der Waals surface area contributed by atoms with Crippen LogP contribution in [-0.4, -0.2) is 37.5 Å². The summed E-state index contributed by atoms with van der Waals surface area (Å²) in [6.07, 6.45) is 1.09. The molecule has 0 spiro atoms. The zero-order valence-corrected chi connectivity index (χ0v) is 16.1. The molecule has 1 N–H and O–H groups in total. The monoisotopic (exact) mass is 356 g/mol. The van der Waals surface area contributed by atoms with Crippen LogP contribution in [0.3, 0.4) is 0 Å². The second kappa shape index (κ2) is 7.54. The van der Waals surface area contributed by atoms with Crippen LogP contribution in [0.2, 0.25) is 0 Å². The van der Waals surface area contributed by atoms with Gasteiger partial charge in [-0.05, 0) is 57.5 Å². The average Bonchev–Trinajstić information content (AvgIpc) is 3.15. The first-order valence-electron chi connectivity index (χ1n) is 9.10. The maximum absolute atomic E-state index is 12.4. The van der Waals surface area contributed by atoms with Gasteiger partial charge in [0.15, 0.2) is 5.76 Å². The van der Waals surface area contributed by atoms with Gasteiger partial charge in [-0.3, -0.25) is 4.79 Å². The molecule has 1 aliphatic rings. The van der Waals surface area contributed by atoms with Crippen LogP contribution in [0.5, 0.6) is 5.75 Å². The molecule has 2 aromatic rings. The number of furan rings is 1. The fourth-order valence-electron chi connectivity index (χ4n) is 3.37. The van der Waals surface area contributed by atoms with Gasteiger partial charge in [0.1, 0.15) is 18.1 Å². The number of nitrogens with zero attached hydrogens (tertiary/aromatic N) is 1. The van der Waals surface area contributed by atoms with Crippen LogP contribution in [0.1, 0.15) is 40.8 Å². The van der Waals surface area contributed by atoms with E-state index in [1.54, 1.807) is 6.07 Å². The molecular formula is C21H28N2O3. The highest BCUT2D eigenvalue weighted by molar-refractivity contribution is 5.91. The second-order valence-electron chi connectivity index (χ2n) is 7.77. The molecule has 1 fully saturated rings. The van der Waals surface area contributed by atoms with E-state index >= 15 is 0 Å². The number of amides is 1. The van der Waals surface area contributed by atoms with Gasteiger partial charge in [-0.25, -0.2) is 0 Å². The molecular weight excluding hydrogens is 328 g/mol. The van der Waals surface area contributed by atoms with Gasteiger partial charge < -0.3 is 19.4 Å². The van der Waals surface area contributed by atoms with Crippen molar-refractivity contribution in [3.8, 4) is 5.75 Å². The van der Waals surface area contributed by atoms with Crippen LogP contribution in [0.4, 0.5) is 0 Å². The number of rotatable bonds is 6. The number of hydrogen-bond acceptors (Lipinski definition) is 4. The van der Waals surface area contributed by atoms with Gasteiger partial charge >= 0.3 is 0 Å². The Morgan fingerprint density at radius 2 is 2.04 bits per heavy atom. The van der Waals surface area contributed by atoms with Crippen molar-refractivity contribution in [2.75, 3.05) is 26.7 Å². The molecule has 1 aromatic heterocycles. The van der Waals surface area contributed by atoms with Crippen molar-refractivity contribution in [1.29, 1.82) is 0 Å². The number of carbonyl (C=O) groups is 1. The first-order chi connectivity index (χ1) is 12.3. The van der Waals surface area contributed by atoms with Gasteiger partial charge in [-0.15, -0.1) is 0 Å². The lowest BCUT2D eigenvalue weighted by molar-refractivity contribution is 0.0905. The Morgan fingerprint density at radius 1 is 1.31 bits per heavy atom. The van der Waals surface area contributed by atoms with Crippen molar-refractivity contribution in [2.24, 2.45) is 5.41 Å². The zero-order valence-electron chi connectivity index (χ0n) is 16.1. The average molecular weight is 356 g/mol. The zero-order chi connectivity index (χ0) is 18.7. The fourth-order valence-corrected chi connectivity index (χ4v) is 3.37. The van der Waals surface area contributed by atoms with Crippen LogP contribution in [0.25, 0.3) is 0 Å². The number of ether oxygens (including phenoxy) is 1. The summed E-state index contributed by atoms with van der Waals surface area (Å²) in [6.45, 7) is 9.23. The third-order valence-corrected chi connectivity index (χ3v) is 5.08. The Labute approximate surface area is 155 Å². The Kier molecular flexibility index (Phi) is 5.37. The highest BCUT2D eigenvalue weighted by Crippen LogP contribution is 2.28. The van der Waals surface area contributed by atoms with Gasteiger partial charge in [-0.1, -0.05) is 24.6 Å². The largest absolute Gasteiger partial charge is 0.489 e. The van der Waals surface area contributed by atoms with Gasteiger partial charge in [0.05, 0.1) is 0 Å². The van der Waals surface area contributed by atoms with E-state index in [0.29, 0.717) is 24.7 Å². The smallest absolute Gasteiger partial charge is 0.287 e. The summed E-state index contributed by atoms with van der Waals surface area (Å²) in [5.74, 6) is 1.71. The van der Waals surface area contributed by atoms with Gasteiger partial charge in [0.2, 0.25) is 0 Å². The third-order valence-electron chi connectivity index (χ3n) is 5.08. The quantitative estimate of drug-likeness (QED) is 0.860. The lowest BCUT2D eigenvalue weighted by Crippen LogP contribution is -2.37. The lowest BCUT2D eigenvalue weighted by Gasteiger charge is -2.23. The molecule has 0 radical (unpaired) electrons. The summed E-state index contributed by atoms with van der Waals surface area (Å²) in [6, 6.07) is 9.69. The minimum Gasteiger partial charge on any atom is -0.489 e. The Balaban J connectivity index is 1.56. The molecule has 0 saturated carbocycles. The number of likely N-dealkylation sites (tertiary alicyclic amines) is 1. The van der Waals surface area contributed by atoms with E-state index in [2.05, 4.69) is 24.2 Å². The standard InChI is InChI=1S/C21H28N2O3/c1-15-5-7-18(8-6-15)25-12-17-11-19(26-16(17)2)20(24)22-13-21(3)9-10-23(4)14-21/h5-8,11H,9-10,12-14H2,1-4H3,(H,22,24). The van der Waals surface area contributed by atoms with Crippen molar-refractivity contribution < 1.29 is 13.9 Å². The summed E-state index contributed by atoms with van der Waals surface area (Å²) >= 11 is 0. The predicted octanol–water partition coefficient (Wildman–Crippen LogP) is 3.55. The van der Waals surface area contributed by atoms with Crippen LogP contribution in [-0.2, 0) is 6.61 Å². The summed E-state index contributed by atoms with van der Waals surface area (Å²) < 4.78 is 11.4. The van der Waals surface area contributed by atoms with E-state index in [0.717, 1.165) is 30.8 Å². The topological polar surface area (TPSA) is 54.7 Å². The van der Waals surface area contributed by atoms with Crippen molar-refractivity contribution in [1.82, 2.24) is 10.2 Å². The molecule has 1 unspecified atom stereocenters. The number of nitrogens with one attached hydrogen (secondary N) is 1. The minimum atomic E-state index is -0.162. The van der Waals surface area contributed by atoms with E-state index in [4.69, 9.17) is 9.15 Å². The summed E-state index contributed by atoms with van der Waals surface area (Å²) in [5, 5.41) is 3.02. The van der Waals surface area contributed by atoms with Crippen molar-refractivity contribution >= 4 is 5.91 Å². The summed E-state index contributed by atoms with van der Waals surface area (Å²) in [5.41, 5.74) is 2.21. The highest BCUT2D eigenvalue weighted by Gasteiger charge is 2.32. The fraction of sp³-hybridized carbons (Fsp3) is 0.476. The number of hydrogen-bond donors (Lipinski definition) is 1. The van der Waals surface area contributed by atoms with Gasteiger partial charge in [-0.2, -0.15) is 0 Å². The van der Waals surface area contributed by atoms with Crippen LogP contribution in [0, 0.1) is 19.3 Å². The molecule has 1 saturated heterocycles. The molecule has 5 heteroatoms. The predicted molar refractivity (Wildman–Crippen MR) is 102 cm³/mol. The Morgan fingerprint density at radius 3 is 2.69 bits per heavy atom. The minimum absolute atomic E-state index is 0.128. The van der Waals surface area contributed by atoms with Crippen molar-refractivity contribution in [3.05, 3.63) is 53.0 Å². The first-order valence-corrected chi connectivity index (χ1v) is 9.10. The highest BCUT2D eigenvalue weighted by atomic mass is 16.5. The summed E-state index contributed by atoms with van der Waals surface area (Å²) in [7, 11) is 2.11. The SMILES string of the molecule is Cc1ccc(OCc2cc(C(=O)NCC3(C)CCN(C)C3)oc2C)cc1. The van der Waals surface area contributed by atoms with Crippen LogP contribution < -0.4 is 10.1 Å². The van der Waals surface area contributed by atoms with Crippen LogP contribution in [0.15, 0.2) is 34.7 Å². The Bertz CT molecular complexity index is 766. The Hall–Kier alpha value is -2.27. The van der Waals surface area contributed by atoms with E-state index in [1.165, 1.54) is 5.56 Å². The second-order valence-corrected chi connectivity index (χ2v) is 7.77. The number of carbonyl (C=O) groups excluding carboxylic acids is 1. The molecule has 1 amide bonds. The molecule has 0 bridgehead atoms. The molecule has 3 rings (SSSR count). The van der Waals surface area contributed by atoms with Crippen molar-refractivity contribution in [2.45, 2.75) is 33.8 Å². The first kappa shape index (κ1) is 18.5. The molecule has 140 valence electrons. The molecule has 2 heterocycles. The van der Waals surface area contributed by atoms with E-state index in [1.807, 2.05) is 38.1 Å². The van der Waals surface area contributed by atoms with E-state index in [9.17, 15) is 4.79 Å². The molecule has 1 aliphatic heterocycles. The van der Waals surface area contributed by atoms with Crippen molar-refractivity contribution in [3.63, 3.8) is 0 Å². The third kappa shape index (κ3) is 4.47. The lowest BCUT2D eigenvalue weighted by atomic mass is 9.90. The normalized spacial score (nSPS) is 20.3. The van der Waals surface area contributed by atoms with Gasteiger partial charge in [0, 0.05) is 18.7 Å². The van der Waals surface area contributed by atoms with Crippen LogP contribution >= 0.6 is 0 Å². The molecule has 0 aliphatic carbocycles.